The van der Waals surface area contributed by atoms with Crippen LogP contribution in [0.15, 0.2) is 18.2 Å². The van der Waals surface area contributed by atoms with E-state index in [0.29, 0.717) is 22.2 Å². The fraction of sp³-hybridized carbons (Fsp3) is 0.750. The molecule has 0 fully saturated rings. The highest BCUT2D eigenvalue weighted by Gasteiger charge is 2.06. The Hall–Kier alpha value is -0.730. The maximum Gasteiger partial charge on any atom is 0.224 e. The van der Waals surface area contributed by atoms with Gasteiger partial charge in [-0.3, -0.25) is 4.79 Å². The van der Waals surface area contributed by atoms with Crippen molar-refractivity contribution in [3.63, 3.8) is 0 Å². The van der Waals surface area contributed by atoms with Gasteiger partial charge in [-0.2, -0.15) is 0 Å². The Bertz CT molecular complexity index is 591. The molecule has 0 aliphatic heterocycles. The van der Waals surface area contributed by atoms with Crippen LogP contribution < -0.4 is 5.32 Å². The third kappa shape index (κ3) is 16.8. The van der Waals surface area contributed by atoms with Crippen molar-refractivity contribution in [2.75, 3.05) is 5.32 Å². The van der Waals surface area contributed by atoms with Crippen LogP contribution in [-0.2, 0) is 4.79 Å². The molecule has 0 saturated heterocycles. The lowest BCUT2D eigenvalue weighted by molar-refractivity contribution is -0.116. The Kier molecular flexibility index (Phi) is 19.1. The molecule has 1 amide bonds. The van der Waals surface area contributed by atoms with Crippen molar-refractivity contribution < 1.29 is 4.79 Å². The highest BCUT2D eigenvalue weighted by molar-refractivity contribution is 6.35. The summed E-state index contributed by atoms with van der Waals surface area (Å²) >= 11 is 12.0. The first-order valence-electron chi connectivity index (χ1n) is 13.4. The van der Waals surface area contributed by atoms with Gasteiger partial charge in [0.25, 0.3) is 0 Å². The second-order valence-electron chi connectivity index (χ2n) is 9.29. The van der Waals surface area contributed by atoms with Crippen LogP contribution in [0.3, 0.4) is 0 Å². The predicted octanol–water partition coefficient (Wildman–Crippen LogP) is 10.8. The van der Waals surface area contributed by atoms with Crippen LogP contribution in [0.25, 0.3) is 0 Å². The molecular formula is C28H47Cl2NO. The van der Waals surface area contributed by atoms with E-state index in [9.17, 15) is 4.79 Å². The van der Waals surface area contributed by atoms with Crippen molar-refractivity contribution in [2.24, 2.45) is 0 Å². The summed E-state index contributed by atoms with van der Waals surface area (Å²) in [6.07, 6.45) is 26.3. The van der Waals surface area contributed by atoms with Crippen LogP contribution in [0.1, 0.15) is 135 Å². The van der Waals surface area contributed by atoms with E-state index in [-0.39, 0.29) is 5.91 Å². The fourth-order valence-electron chi connectivity index (χ4n) is 4.17. The van der Waals surface area contributed by atoms with Gasteiger partial charge in [0.05, 0.1) is 10.7 Å². The number of rotatable bonds is 21. The van der Waals surface area contributed by atoms with Crippen molar-refractivity contribution in [3.8, 4) is 0 Å². The molecule has 2 nitrogen and oxygen atoms in total. The minimum Gasteiger partial charge on any atom is -0.325 e. The maximum atomic E-state index is 12.0. The van der Waals surface area contributed by atoms with Crippen molar-refractivity contribution in [1.82, 2.24) is 0 Å². The third-order valence-corrected chi connectivity index (χ3v) is 6.77. The molecule has 0 aliphatic rings. The minimum atomic E-state index is 0.0149. The van der Waals surface area contributed by atoms with Gasteiger partial charge < -0.3 is 5.32 Å². The number of nitrogens with one attached hydrogen (secondary N) is 1. The molecule has 1 N–H and O–H groups in total. The summed E-state index contributed by atoms with van der Waals surface area (Å²) in [6, 6.07) is 5.12. The lowest BCUT2D eigenvalue weighted by Crippen LogP contribution is -2.11. The van der Waals surface area contributed by atoms with Gasteiger partial charge in [-0.25, -0.2) is 0 Å². The molecule has 0 unspecified atom stereocenters. The molecule has 0 aliphatic carbocycles. The van der Waals surface area contributed by atoms with E-state index >= 15 is 0 Å². The van der Waals surface area contributed by atoms with Crippen LogP contribution in [0.2, 0.25) is 10.0 Å². The molecule has 4 heteroatoms. The molecule has 0 radical (unpaired) electrons. The molecule has 1 aromatic rings. The van der Waals surface area contributed by atoms with Gasteiger partial charge in [-0.1, -0.05) is 146 Å². The zero-order valence-corrected chi connectivity index (χ0v) is 22.1. The molecule has 0 bridgehead atoms. The highest BCUT2D eigenvalue weighted by Crippen LogP contribution is 2.25. The summed E-state index contributed by atoms with van der Waals surface area (Å²) < 4.78 is 0. The Morgan fingerprint density at radius 1 is 0.656 bits per heavy atom. The van der Waals surface area contributed by atoms with Crippen LogP contribution in [0, 0.1) is 0 Å². The lowest BCUT2D eigenvalue weighted by Gasteiger charge is -2.07. The second-order valence-corrected chi connectivity index (χ2v) is 10.1. The summed E-state index contributed by atoms with van der Waals surface area (Å²) in [6.45, 7) is 2.29. The van der Waals surface area contributed by atoms with Crippen molar-refractivity contribution in [2.45, 2.75) is 135 Å². The topological polar surface area (TPSA) is 29.1 Å². The number of benzene rings is 1. The van der Waals surface area contributed by atoms with Gasteiger partial charge in [0, 0.05) is 11.4 Å². The van der Waals surface area contributed by atoms with E-state index in [1.54, 1.807) is 18.2 Å². The molecule has 0 heterocycles. The van der Waals surface area contributed by atoms with Crippen molar-refractivity contribution >= 4 is 34.8 Å². The van der Waals surface area contributed by atoms with Gasteiger partial charge in [0.2, 0.25) is 5.91 Å². The molecule has 0 spiro atoms. The maximum absolute atomic E-state index is 12.0. The summed E-state index contributed by atoms with van der Waals surface area (Å²) in [5.41, 5.74) is 0.599. The summed E-state index contributed by atoms with van der Waals surface area (Å²) in [5, 5.41) is 3.96. The standard InChI is InChI=1S/C28H47Cl2NO/c1-2-3-4-5-6-7-8-9-10-11-12-13-14-15-16-17-18-19-20-21-28(32)31-27-24-25(29)22-23-26(27)30/h22-24H,2-21H2,1H3,(H,31,32). The molecule has 1 aromatic carbocycles. The molecule has 0 aromatic heterocycles. The average molecular weight is 485 g/mol. The molecule has 1 rings (SSSR count). The third-order valence-electron chi connectivity index (χ3n) is 6.21. The van der Waals surface area contributed by atoms with Crippen LogP contribution >= 0.6 is 23.2 Å². The number of hydrogen-bond donors (Lipinski definition) is 1. The van der Waals surface area contributed by atoms with Gasteiger partial charge in [0.15, 0.2) is 0 Å². The van der Waals surface area contributed by atoms with Crippen LogP contribution in [0.5, 0.6) is 0 Å². The number of unbranched alkanes of at least 4 members (excludes halogenated alkanes) is 18. The van der Waals surface area contributed by atoms with E-state index in [2.05, 4.69) is 12.2 Å². The second kappa shape index (κ2) is 20.8. The van der Waals surface area contributed by atoms with Gasteiger partial charge >= 0.3 is 0 Å². The van der Waals surface area contributed by atoms with E-state index < -0.39 is 0 Å². The molecule has 184 valence electrons. The van der Waals surface area contributed by atoms with Crippen molar-refractivity contribution in [1.29, 1.82) is 0 Å². The zero-order chi connectivity index (χ0) is 23.3. The van der Waals surface area contributed by atoms with E-state index in [1.165, 1.54) is 109 Å². The zero-order valence-electron chi connectivity index (χ0n) is 20.5. The van der Waals surface area contributed by atoms with Gasteiger partial charge in [-0.15, -0.1) is 0 Å². The molecule has 0 atom stereocenters. The van der Waals surface area contributed by atoms with E-state index in [4.69, 9.17) is 23.2 Å². The Morgan fingerprint density at radius 3 is 1.50 bits per heavy atom. The number of carbonyl (C=O) groups is 1. The van der Waals surface area contributed by atoms with Gasteiger partial charge in [0.1, 0.15) is 0 Å². The molecule has 0 saturated carbocycles. The van der Waals surface area contributed by atoms with Crippen LogP contribution in [-0.4, -0.2) is 5.91 Å². The summed E-state index contributed by atoms with van der Waals surface area (Å²) in [4.78, 5) is 12.0. The number of carbonyl (C=O) groups excluding carboxylic acids is 1. The SMILES string of the molecule is CCCCCCCCCCCCCCCCCCCCCC(=O)Nc1cc(Cl)ccc1Cl. The number of hydrogen-bond acceptors (Lipinski definition) is 1. The summed E-state index contributed by atoms with van der Waals surface area (Å²) in [7, 11) is 0. The van der Waals surface area contributed by atoms with Crippen molar-refractivity contribution in [3.05, 3.63) is 28.2 Å². The first-order chi connectivity index (χ1) is 15.6. The monoisotopic (exact) mass is 483 g/mol. The summed E-state index contributed by atoms with van der Waals surface area (Å²) in [5.74, 6) is 0.0149. The fourth-order valence-corrected chi connectivity index (χ4v) is 4.51. The number of anilines is 1. The largest absolute Gasteiger partial charge is 0.325 e. The normalized spacial score (nSPS) is 11.1. The number of halogens is 2. The molecular weight excluding hydrogens is 437 g/mol. The minimum absolute atomic E-state index is 0.0149. The lowest BCUT2D eigenvalue weighted by atomic mass is 10.0. The predicted molar refractivity (Wildman–Crippen MR) is 143 cm³/mol. The smallest absolute Gasteiger partial charge is 0.224 e. The van der Waals surface area contributed by atoms with Gasteiger partial charge in [-0.05, 0) is 24.6 Å². The first-order valence-corrected chi connectivity index (χ1v) is 14.1. The number of amides is 1. The average Bonchev–Trinajstić information content (AvgIpc) is 2.78. The molecule has 32 heavy (non-hydrogen) atoms. The Morgan fingerprint density at radius 2 is 1.06 bits per heavy atom. The highest BCUT2D eigenvalue weighted by atomic mass is 35.5. The van der Waals surface area contributed by atoms with E-state index in [0.717, 1.165) is 12.8 Å². The Balaban J connectivity index is 1.80. The Labute approximate surface area is 208 Å². The first kappa shape index (κ1) is 29.3. The quantitative estimate of drug-likeness (QED) is 0.173. The van der Waals surface area contributed by atoms with Crippen LogP contribution in [0.4, 0.5) is 5.69 Å². The van der Waals surface area contributed by atoms with E-state index in [1.807, 2.05) is 0 Å².